The standard InChI is InChI=1S/C13H17F3N2O2/c1-7-3-5-9(6-4-7)17-12(19)10-8(2)18-20-11(10)13(14,15)16/h7,9H,3-6H2,1-2H3,(H,17,19). The summed E-state index contributed by atoms with van der Waals surface area (Å²) in [5.41, 5.74) is -0.546. The number of amides is 1. The number of alkyl halides is 3. The topological polar surface area (TPSA) is 55.1 Å². The molecule has 112 valence electrons. The van der Waals surface area contributed by atoms with Gasteiger partial charge in [-0.1, -0.05) is 12.1 Å². The number of nitrogens with zero attached hydrogens (tertiary/aromatic N) is 1. The molecule has 0 unspecified atom stereocenters. The van der Waals surface area contributed by atoms with E-state index in [1.165, 1.54) is 6.92 Å². The second kappa shape index (κ2) is 5.46. The Balaban J connectivity index is 2.12. The highest BCUT2D eigenvalue weighted by Gasteiger charge is 2.42. The lowest BCUT2D eigenvalue weighted by molar-refractivity contribution is -0.155. The molecule has 1 aliphatic carbocycles. The maximum absolute atomic E-state index is 12.7. The van der Waals surface area contributed by atoms with E-state index in [2.05, 4.69) is 21.9 Å². The molecule has 1 amide bonds. The Kier molecular flexibility index (Phi) is 4.06. The minimum atomic E-state index is -4.71. The second-order valence-electron chi connectivity index (χ2n) is 5.40. The van der Waals surface area contributed by atoms with Gasteiger partial charge in [0.05, 0.1) is 5.69 Å². The van der Waals surface area contributed by atoms with Gasteiger partial charge in [-0.3, -0.25) is 4.79 Å². The van der Waals surface area contributed by atoms with Gasteiger partial charge in [0.15, 0.2) is 0 Å². The fourth-order valence-electron chi connectivity index (χ4n) is 2.49. The Bertz CT molecular complexity index is 488. The van der Waals surface area contributed by atoms with Gasteiger partial charge in [0.25, 0.3) is 11.7 Å². The van der Waals surface area contributed by atoms with Gasteiger partial charge >= 0.3 is 6.18 Å². The van der Waals surface area contributed by atoms with Crippen molar-refractivity contribution in [3.8, 4) is 0 Å². The lowest BCUT2D eigenvalue weighted by atomic mass is 9.87. The first-order chi connectivity index (χ1) is 9.29. The molecule has 0 spiro atoms. The van der Waals surface area contributed by atoms with Crippen LogP contribution in [0.2, 0.25) is 0 Å². The van der Waals surface area contributed by atoms with E-state index in [-0.39, 0.29) is 11.7 Å². The van der Waals surface area contributed by atoms with E-state index in [4.69, 9.17) is 0 Å². The molecular formula is C13H17F3N2O2. The molecule has 4 nitrogen and oxygen atoms in total. The smallest absolute Gasteiger partial charge is 0.351 e. The third-order valence-corrected chi connectivity index (χ3v) is 3.70. The van der Waals surface area contributed by atoms with Crippen molar-refractivity contribution < 1.29 is 22.5 Å². The van der Waals surface area contributed by atoms with Gasteiger partial charge in [-0.25, -0.2) is 0 Å². The van der Waals surface area contributed by atoms with E-state index in [1.807, 2.05) is 0 Å². The predicted molar refractivity (Wildman–Crippen MR) is 65.1 cm³/mol. The Hall–Kier alpha value is -1.53. The number of rotatable bonds is 2. The van der Waals surface area contributed by atoms with Crippen molar-refractivity contribution in [2.45, 2.75) is 51.7 Å². The summed E-state index contributed by atoms with van der Waals surface area (Å²) in [7, 11) is 0. The molecule has 1 heterocycles. The molecule has 1 aromatic heterocycles. The summed E-state index contributed by atoms with van der Waals surface area (Å²) in [6.45, 7) is 3.46. The third-order valence-electron chi connectivity index (χ3n) is 3.70. The van der Waals surface area contributed by atoms with E-state index in [0.29, 0.717) is 5.92 Å². The van der Waals surface area contributed by atoms with Crippen LogP contribution < -0.4 is 5.32 Å². The Morgan fingerprint density at radius 3 is 2.45 bits per heavy atom. The van der Waals surface area contributed by atoms with Crippen LogP contribution in [-0.2, 0) is 6.18 Å². The van der Waals surface area contributed by atoms with Crippen molar-refractivity contribution >= 4 is 5.91 Å². The van der Waals surface area contributed by atoms with Crippen molar-refractivity contribution in [2.75, 3.05) is 0 Å². The first-order valence-electron chi connectivity index (χ1n) is 6.63. The number of carbonyl (C=O) groups excluding carboxylic acids is 1. The second-order valence-corrected chi connectivity index (χ2v) is 5.40. The van der Waals surface area contributed by atoms with E-state index >= 15 is 0 Å². The zero-order valence-electron chi connectivity index (χ0n) is 11.4. The van der Waals surface area contributed by atoms with Gasteiger partial charge in [-0.05, 0) is 38.5 Å². The molecule has 0 radical (unpaired) electrons. The first-order valence-corrected chi connectivity index (χ1v) is 6.63. The fourth-order valence-corrected chi connectivity index (χ4v) is 2.49. The Morgan fingerprint density at radius 1 is 1.30 bits per heavy atom. The number of hydrogen-bond acceptors (Lipinski definition) is 3. The molecule has 7 heteroatoms. The van der Waals surface area contributed by atoms with Crippen LogP contribution in [0.5, 0.6) is 0 Å². The molecule has 1 fully saturated rings. The summed E-state index contributed by atoms with van der Waals surface area (Å²) in [4.78, 5) is 12.0. The zero-order valence-corrected chi connectivity index (χ0v) is 11.4. The van der Waals surface area contributed by atoms with E-state index in [9.17, 15) is 18.0 Å². The summed E-state index contributed by atoms with van der Waals surface area (Å²) in [6.07, 6.45) is -1.19. The molecule has 0 aromatic carbocycles. The van der Waals surface area contributed by atoms with Gasteiger partial charge < -0.3 is 9.84 Å². The van der Waals surface area contributed by atoms with Crippen LogP contribution in [0.15, 0.2) is 4.52 Å². The molecule has 0 atom stereocenters. The molecule has 0 bridgehead atoms. The fraction of sp³-hybridized carbons (Fsp3) is 0.692. The molecule has 0 aliphatic heterocycles. The van der Waals surface area contributed by atoms with Crippen LogP contribution in [-0.4, -0.2) is 17.1 Å². The number of halogens is 3. The molecule has 1 saturated carbocycles. The Labute approximate surface area is 114 Å². The molecule has 20 heavy (non-hydrogen) atoms. The van der Waals surface area contributed by atoms with Crippen LogP contribution >= 0.6 is 0 Å². The van der Waals surface area contributed by atoms with E-state index < -0.39 is 23.4 Å². The van der Waals surface area contributed by atoms with Crippen molar-refractivity contribution in [1.29, 1.82) is 0 Å². The van der Waals surface area contributed by atoms with Crippen molar-refractivity contribution in [3.05, 3.63) is 17.0 Å². The highest BCUT2D eigenvalue weighted by Crippen LogP contribution is 2.33. The van der Waals surface area contributed by atoms with Crippen LogP contribution in [0.3, 0.4) is 0 Å². The summed E-state index contributed by atoms with van der Waals surface area (Å²) in [5, 5.41) is 5.91. The summed E-state index contributed by atoms with van der Waals surface area (Å²) < 4.78 is 42.5. The van der Waals surface area contributed by atoms with E-state index in [1.54, 1.807) is 0 Å². The van der Waals surface area contributed by atoms with Crippen molar-refractivity contribution in [2.24, 2.45) is 5.92 Å². The van der Waals surface area contributed by atoms with Gasteiger partial charge in [0.1, 0.15) is 5.56 Å². The number of aromatic nitrogens is 1. The highest BCUT2D eigenvalue weighted by molar-refractivity contribution is 5.96. The van der Waals surface area contributed by atoms with Gasteiger partial charge in [-0.15, -0.1) is 0 Å². The normalized spacial score (nSPS) is 23.6. The summed E-state index contributed by atoms with van der Waals surface area (Å²) >= 11 is 0. The zero-order chi connectivity index (χ0) is 14.9. The minimum absolute atomic E-state index is 0.0426. The molecule has 1 aliphatic rings. The maximum Gasteiger partial charge on any atom is 0.453 e. The van der Waals surface area contributed by atoms with Crippen LogP contribution in [0.25, 0.3) is 0 Å². The van der Waals surface area contributed by atoms with Crippen molar-refractivity contribution in [3.63, 3.8) is 0 Å². The van der Waals surface area contributed by atoms with Gasteiger partial charge in [-0.2, -0.15) is 13.2 Å². The monoisotopic (exact) mass is 290 g/mol. The summed E-state index contributed by atoms with van der Waals surface area (Å²) in [5.74, 6) is -1.47. The summed E-state index contributed by atoms with van der Waals surface area (Å²) in [6, 6.07) is -0.0749. The predicted octanol–water partition coefficient (Wildman–Crippen LogP) is 3.31. The first kappa shape index (κ1) is 14.9. The average Bonchev–Trinajstić information content (AvgIpc) is 2.74. The maximum atomic E-state index is 12.7. The largest absolute Gasteiger partial charge is 0.453 e. The van der Waals surface area contributed by atoms with E-state index in [0.717, 1.165) is 25.7 Å². The minimum Gasteiger partial charge on any atom is -0.351 e. The average molecular weight is 290 g/mol. The lowest BCUT2D eigenvalue weighted by Crippen LogP contribution is -2.38. The molecule has 2 rings (SSSR count). The van der Waals surface area contributed by atoms with Crippen LogP contribution in [0, 0.1) is 12.8 Å². The lowest BCUT2D eigenvalue weighted by Gasteiger charge is -2.26. The molecule has 0 saturated heterocycles. The third kappa shape index (κ3) is 3.13. The number of aryl methyl sites for hydroxylation is 1. The molecule has 1 N–H and O–H groups in total. The van der Waals surface area contributed by atoms with Crippen molar-refractivity contribution in [1.82, 2.24) is 10.5 Å². The highest BCUT2D eigenvalue weighted by atomic mass is 19.4. The van der Waals surface area contributed by atoms with Crippen LogP contribution in [0.1, 0.15) is 54.4 Å². The molecule has 1 aromatic rings. The van der Waals surface area contributed by atoms with Gasteiger partial charge in [0.2, 0.25) is 0 Å². The number of carbonyl (C=O) groups is 1. The van der Waals surface area contributed by atoms with Gasteiger partial charge in [0, 0.05) is 6.04 Å². The number of nitrogens with one attached hydrogen (secondary N) is 1. The van der Waals surface area contributed by atoms with Crippen LogP contribution in [0.4, 0.5) is 13.2 Å². The Morgan fingerprint density at radius 2 is 1.90 bits per heavy atom. The quantitative estimate of drug-likeness (QED) is 0.909. The molecular weight excluding hydrogens is 273 g/mol. The number of hydrogen-bond donors (Lipinski definition) is 1. The SMILES string of the molecule is Cc1noc(C(F)(F)F)c1C(=O)NC1CCC(C)CC1.